The molecule has 11 heteroatoms. The monoisotopic (exact) mass is 617 g/mol. The Morgan fingerprint density at radius 1 is 0.800 bits per heavy atom. The number of Topliss-reactive ketones (excluding diaryl/α,β-unsaturated/α-hetero) is 2. The van der Waals surface area contributed by atoms with Gasteiger partial charge in [-0.3, -0.25) is 29.8 Å². The van der Waals surface area contributed by atoms with Gasteiger partial charge in [0, 0.05) is 53.9 Å². The molecule has 0 bridgehead atoms. The van der Waals surface area contributed by atoms with Crippen LogP contribution >= 0.6 is 0 Å². The molecule has 0 radical (unpaired) electrons. The highest BCUT2D eigenvalue weighted by Crippen LogP contribution is 2.55. The second-order valence-electron chi connectivity index (χ2n) is 13.6. The summed E-state index contributed by atoms with van der Waals surface area (Å²) < 4.78 is 11.9. The Balaban J connectivity index is 1.67. The molecule has 0 fully saturated rings. The molecular formula is C34H39N3O8. The number of benzene rings is 2. The Morgan fingerprint density at radius 3 is 1.89 bits per heavy atom. The smallest absolute Gasteiger partial charge is 0.318 e. The standard InChI is InChI=1S/C34H39N3O8/c1-7-13-35-23-16-33(3,4)18-25(38)31(23)30(32-24(35)17-34(5,6)19-26(32)39)20-9-11-28(29(14-20)44-8-2)45-27-12-10-21(36(40)41)15-22(27)37(42)43/h9-12,14-15,30H,7-8,13,16-19H2,1-6H3. The van der Waals surface area contributed by atoms with E-state index in [4.69, 9.17) is 9.47 Å². The first kappa shape index (κ1) is 31.9. The summed E-state index contributed by atoms with van der Waals surface area (Å²) in [5.74, 6) is -0.284. The molecule has 0 saturated heterocycles. The third kappa shape index (κ3) is 6.08. The first-order valence-corrected chi connectivity index (χ1v) is 15.3. The zero-order chi connectivity index (χ0) is 32.8. The minimum absolute atomic E-state index is 0.0244. The molecule has 238 valence electrons. The van der Waals surface area contributed by atoms with Gasteiger partial charge in [0.25, 0.3) is 5.69 Å². The number of non-ortho nitro benzene ring substituents is 1. The van der Waals surface area contributed by atoms with Crippen LogP contribution in [0.1, 0.15) is 85.1 Å². The van der Waals surface area contributed by atoms with E-state index < -0.39 is 27.1 Å². The van der Waals surface area contributed by atoms with Crippen molar-refractivity contribution >= 4 is 22.9 Å². The van der Waals surface area contributed by atoms with Gasteiger partial charge in [-0.2, -0.15) is 0 Å². The molecule has 0 spiro atoms. The van der Waals surface area contributed by atoms with Crippen LogP contribution in [-0.4, -0.2) is 39.5 Å². The molecule has 2 aromatic carbocycles. The number of nitro benzene ring substituents is 2. The molecule has 2 aliphatic carbocycles. The fraction of sp³-hybridized carbons (Fsp3) is 0.471. The molecule has 0 amide bonds. The van der Waals surface area contributed by atoms with Gasteiger partial charge in [0.15, 0.2) is 23.1 Å². The SMILES string of the molecule is CCCN1C2=C(C(=O)CC(C)(C)C2)C(c2ccc(Oc3ccc([N+](=O)[O-])cc3[N+](=O)[O-])c(OCC)c2)C2=C1CC(C)(C)CC2=O. The first-order chi connectivity index (χ1) is 21.2. The molecule has 0 atom stereocenters. The largest absolute Gasteiger partial charge is 0.490 e. The molecule has 2 aromatic rings. The van der Waals surface area contributed by atoms with E-state index in [1.54, 1.807) is 25.1 Å². The lowest BCUT2D eigenvalue weighted by Gasteiger charge is -2.49. The van der Waals surface area contributed by atoms with Crippen LogP contribution in [0.3, 0.4) is 0 Å². The summed E-state index contributed by atoms with van der Waals surface area (Å²) in [6, 6.07) is 8.29. The molecule has 0 N–H and O–H groups in total. The minimum Gasteiger partial charge on any atom is -0.490 e. The number of ketones is 2. The van der Waals surface area contributed by atoms with Gasteiger partial charge in [-0.05, 0) is 60.8 Å². The predicted molar refractivity (Wildman–Crippen MR) is 167 cm³/mol. The number of nitrogens with zero attached hydrogens (tertiary/aromatic N) is 3. The van der Waals surface area contributed by atoms with E-state index in [0.29, 0.717) is 48.9 Å². The lowest BCUT2D eigenvalue weighted by atomic mass is 9.63. The Kier molecular flexibility index (Phi) is 8.33. The Labute approximate surface area is 262 Å². The van der Waals surface area contributed by atoms with Crippen molar-refractivity contribution < 1.29 is 28.9 Å². The van der Waals surface area contributed by atoms with E-state index in [9.17, 15) is 29.8 Å². The summed E-state index contributed by atoms with van der Waals surface area (Å²) in [7, 11) is 0. The highest BCUT2D eigenvalue weighted by molar-refractivity contribution is 6.06. The summed E-state index contributed by atoms with van der Waals surface area (Å²) in [5, 5.41) is 23.0. The molecule has 0 aromatic heterocycles. The maximum atomic E-state index is 14.0. The van der Waals surface area contributed by atoms with Crippen molar-refractivity contribution in [2.24, 2.45) is 10.8 Å². The van der Waals surface area contributed by atoms with Gasteiger partial charge >= 0.3 is 5.69 Å². The van der Waals surface area contributed by atoms with Crippen molar-refractivity contribution in [3.8, 4) is 17.2 Å². The summed E-state index contributed by atoms with van der Waals surface area (Å²) >= 11 is 0. The second-order valence-corrected chi connectivity index (χ2v) is 13.6. The van der Waals surface area contributed by atoms with Gasteiger partial charge in [0.05, 0.1) is 22.5 Å². The topological polar surface area (TPSA) is 142 Å². The van der Waals surface area contributed by atoms with Crippen LogP contribution < -0.4 is 9.47 Å². The number of rotatable bonds is 9. The van der Waals surface area contributed by atoms with Gasteiger partial charge in [0.2, 0.25) is 5.75 Å². The number of nitro groups is 2. The maximum Gasteiger partial charge on any atom is 0.318 e. The molecule has 1 heterocycles. The normalized spacial score (nSPS) is 19.3. The summed E-state index contributed by atoms with van der Waals surface area (Å²) in [6.07, 6.45) is 3.01. The van der Waals surface area contributed by atoms with Crippen LogP contribution in [0.2, 0.25) is 0 Å². The van der Waals surface area contributed by atoms with E-state index in [1.807, 2.05) is 0 Å². The van der Waals surface area contributed by atoms with Crippen LogP contribution in [0.25, 0.3) is 0 Å². The average molecular weight is 618 g/mol. The minimum atomic E-state index is -0.741. The van der Waals surface area contributed by atoms with Crippen LogP contribution in [0.5, 0.6) is 17.2 Å². The lowest BCUT2D eigenvalue weighted by Crippen LogP contribution is -2.44. The van der Waals surface area contributed by atoms with Crippen LogP contribution in [0.15, 0.2) is 58.9 Å². The summed E-state index contributed by atoms with van der Waals surface area (Å²) in [6.45, 7) is 13.3. The van der Waals surface area contributed by atoms with Crippen molar-refractivity contribution in [3.05, 3.63) is 84.7 Å². The van der Waals surface area contributed by atoms with Gasteiger partial charge < -0.3 is 14.4 Å². The number of carbonyl (C=O) groups excluding carboxylic acids is 2. The number of hydrogen-bond acceptors (Lipinski definition) is 9. The maximum absolute atomic E-state index is 14.0. The summed E-state index contributed by atoms with van der Waals surface area (Å²) in [4.78, 5) is 51.7. The van der Waals surface area contributed by atoms with Crippen LogP contribution in [0.4, 0.5) is 11.4 Å². The molecule has 5 rings (SSSR count). The van der Waals surface area contributed by atoms with E-state index in [2.05, 4.69) is 39.5 Å². The fourth-order valence-electron chi connectivity index (χ4n) is 6.90. The Bertz CT molecular complexity index is 1620. The van der Waals surface area contributed by atoms with Crippen molar-refractivity contribution in [3.63, 3.8) is 0 Å². The zero-order valence-corrected chi connectivity index (χ0v) is 26.6. The molecule has 3 aliphatic rings. The molecule has 11 nitrogen and oxygen atoms in total. The number of allylic oxidation sites excluding steroid dienone is 4. The molecular weight excluding hydrogens is 578 g/mol. The number of ether oxygens (including phenoxy) is 2. The second kappa shape index (κ2) is 11.8. The van der Waals surface area contributed by atoms with E-state index in [1.165, 1.54) is 6.07 Å². The van der Waals surface area contributed by atoms with E-state index in [-0.39, 0.29) is 46.3 Å². The highest BCUT2D eigenvalue weighted by Gasteiger charge is 2.49. The average Bonchev–Trinajstić information content (AvgIpc) is 2.93. The van der Waals surface area contributed by atoms with E-state index in [0.717, 1.165) is 29.9 Å². The first-order valence-electron chi connectivity index (χ1n) is 15.3. The van der Waals surface area contributed by atoms with Gasteiger partial charge in [-0.15, -0.1) is 0 Å². The van der Waals surface area contributed by atoms with Crippen molar-refractivity contribution in [1.29, 1.82) is 0 Å². The Morgan fingerprint density at radius 2 is 1.38 bits per heavy atom. The molecule has 45 heavy (non-hydrogen) atoms. The number of carbonyl (C=O) groups is 2. The Hall–Kier alpha value is -4.54. The van der Waals surface area contributed by atoms with Crippen LogP contribution in [0, 0.1) is 31.1 Å². The molecule has 0 saturated carbocycles. The molecule has 1 aliphatic heterocycles. The van der Waals surface area contributed by atoms with Gasteiger partial charge in [0.1, 0.15) is 0 Å². The number of hydrogen-bond donors (Lipinski definition) is 0. The van der Waals surface area contributed by atoms with E-state index >= 15 is 0 Å². The third-order valence-electron chi connectivity index (χ3n) is 8.64. The predicted octanol–water partition coefficient (Wildman–Crippen LogP) is 7.79. The van der Waals surface area contributed by atoms with Gasteiger partial charge in [-0.1, -0.05) is 40.7 Å². The van der Waals surface area contributed by atoms with Crippen LogP contribution in [-0.2, 0) is 9.59 Å². The van der Waals surface area contributed by atoms with Crippen molar-refractivity contribution in [2.75, 3.05) is 13.2 Å². The van der Waals surface area contributed by atoms with Gasteiger partial charge in [-0.25, -0.2) is 0 Å². The van der Waals surface area contributed by atoms with Crippen molar-refractivity contribution in [2.45, 2.75) is 79.6 Å². The highest BCUT2D eigenvalue weighted by atomic mass is 16.6. The summed E-state index contributed by atoms with van der Waals surface area (Å²) in [5.41, 5.74) is 2.50. The molecule has 0 unspecified atom stereocenters. The van der Waals surface area contributed by atoms with Crippen molar-refractivity contribution in [1.82, 2.24) is 4.90 Å². The zero-order valence-electron chi connectivity index (χ0n) is 26.6. The fourth-order valence-corrected chi connectivity index (χ4v) is 6.90. The third-order valence-corrected chi connectivity index (χ3v) is 8.64. The lowest BCUT2D eigenvalue weighted by molar-refractivity contribution is -0.394. The quantitative estimate of drug-likeness (QED) is 0.203.